The van der Waals surface area contributed by atoms with Gasteiger partial charge < -0.3 is 19.5 Å². The minimum atomic E-state index is -0.649. The number of benzene rings is 2. The molecule has 0 aliphatic carbocycles. The summed E-state index contributed by atoms with van der Waals surface area (Å²) in [5.41, 5.74) is 0.136. The van der Waals surface area contributed by atoms with E-state index < -0.39 is 17.2 Å². The Labute approximate surface area is 193 Å². The monoisotopic (exact) mass is 460 g/mol. The first kappa shape index (κ1) is 21.3. The number of carbonyl (C=O) groups excluding carboxylic acids is 1. The first-order valence-corrected chi connectivity index (χ1v) is 10.4. The number of methoxy groups -OCH3 is 1. The predicted octanol–water partition coefficient (Wildman–Crippen LogP) is 1.98. The fraction of sp³-hybridized carbons (Fsp3) is 0.167. The highest BCUT2D eigenvalue weighted by Crippen LogP contribution is 2.32. The summed E-state index contributed by atoms with van der Waals surface area (Å²) in [6.07, 6.45) is 1.47. The molecule has 4 aromatic rings. The third-order valence-electron chi connectivity index (χ3n) is 5.44. The number of pyridine rings is 1. The van der Waals surface area contributed by atoms with E-state index in [1.54, 1.807) is 54.6 Å². The Morgan fingerprint density at radius 3 is 2.74 bits per heavy atom. The van der Waals surface area contributed by atoms with E-state index in [9.17, 15) is 14.4 Å². The topological polar surface area (TPSA) is 114 Å². The largest absolute Gasteiger partial charge is 0.495 e. The molecule has 0 radical (unpaired) electrons. The average Bonchev–Trinajstić information content (AvgIpc) is 3.33. The summed E-state index contributed by atoms with van der Waals surface area (Å²) < 4.78 is 18.2. The molecule has 10 nitrogen and oxygen atoms in total. The fourth-order valence-corrected chi connectivity index (χ4v) is 3.83. The van der Waals surface area contributed by atoms with E-state index in [2.05, 4.69) is 10.3 Å². The van der Waals surface area contributed by atoms with Gasteiger partial charge in [-0.1, -0.05) is 18.2 Å². The van der Waals surface area contributed by atoms with E-state index in [-0.39, 0.29) is 30.9 Å². The third kappa shape index (κ3) is 3.85. The van der Waals surface area contributed by atoms with Crippen LogP contribution < -0.4 is 30.8 Å². The number of hydrogen-bond donors (Lipinski definition) is 1. The van der Waals surface area contributed by atoms with E-state index in [1.807, 2.05) is 0 Å². The lowest BCUT2D eigenvalue weighted by Gasteiger charge is -2.14. The summed E-state index contributed by atoms with van der Waals surface area (Å²) in [5, 5.41) is 2.97. The number of aromatic nitrogens is 3. The number of ether oxygens (including phenoxy) is 3. The van der Waals surface area contributed by atoms with Crippen molar-refractivity contribution >= 4 is 22.6 Å². The van der Waals surface area contributed by atoms with Gasteiger partial charge in [-0.05, 0) is 42.0 Å². The van der Waals surface area contributed by atoms with Crippen LogP contribution >= 0.6 is 0 Å². The number of hydrogen-bond acceptors (Lipinski definition) is 7. The van der Waals surface area contributed by atoms with Crippen molar-refractivity contribution in [2.75, 3.05) is 19.2 Å². The molecular weight excluding hydrogens is 440 g/mol. The number of anilines is 1. The number of nitrogens with one attached hydrogen (secondary N) is 1. The van der Waals surface area contributed by atoms with Crippen LogP contribution in [0.4, 0.5) is 5.69 Å². The van der Waals surface area contributed by atoms with Crippen LogP contribution in [0.2, 0.25) is 0 Å². The average molecular weight is 460 g/mol. The zero-order valence-corrected chi connectivity index (χ0v) is 18.2. The second-order valence-corrected chi connectivity index (χ2v) is 7.57. The second-order valence-electron chi connectivity index (χ2n) is 7.57. The zero-order valence-electron chi connectivity index (χ0n) is 18.2. The Kier molecular flexibility index (Phi) is 5.46. The van der Waals surface area contributed by atoms with Crippen LogP contribution in [0.15, 0.2) is 70.4 Å². The lowest BCUT2D eigenvalue weighted by atomic mass is 10.2. The molecule has 0 atom stereocenters. The van der Waals surface area contributed by atoms with Gasteiger partial charge in [0.25, 0.3) is 5.56 Å². The van der Waals surface area contributed by atoms with E-state index in [0.29, 0.717) is 28.5 Å². The highest BCUT2D eigenvalue weighted by molar-refractivity contribution is 5.92. The van der Waals surface area contributed by atoms with Crippen molar-refractivity contribution < 1.29 is 19.0 Å². The smallest absolute Gasteiger partial charge is 0.333 e. The van der Waals surface area contributed by atoms with Gasteiger partial charge in [0.2, 0.25) is 12.7 Å². The maximum absolute atomic E-state index is 13.4. The first-order valence-electron chi connectivity index (χ1n) is 10.4. The Balaban J connectivity index is 1.53. The van der Waals surface area contributed by atoms with Crippen molar-refractivity contribution in [3.8, 4) is 17.2 Å². The summed E-state index contributed by atoms with van der Waals surface area (Å²) in [6.45, 7) is -0.229. The van der Waals surface area contributed by atoms with Crippen molar-refractivity contribution in [3.05, 3.63) is 87.2 Å². The summed E-state index contributed by atoms with van der Waals surface area (Å²) in [5.74, 6) is 1.17. The molecule has 172 valence electrons. The molecular formula is C24H20N4O6. The minimum absolute atomic E-state index is 0.00668. The highest BCUT2D eigenvalue weighted by Gasteiger charge is 2.19. The second kappa shape index (κ2) is 8.74. The summed E-state index contributed by atoms with van der Waals surface area (Å²) >= 11 is 0. The van der Waals surface area contributed by atoms with Gasteiger partial charge in [-0.15, -0.1) is 0 Å². The highest BCUT2D eigenvalue weighted by atomic mass is 16.7. The molecule has 0 saturated heterocycles. The van der Waals surface area contributed by atoms with Crippen LogP contribution in [0.25, 0.3) is 11.0 Å². The number of fused-ring (bicyclic) bond motifs is 2. The minimum Gasteiger partial charge on any atom is -0.495 e. The van der Waals surface area contributed by atoms with E-state index in [1.165, 1.54) is 17.9 Å². The van der Waals surface area contributed by atoms with Crippen LogP contribution in [0, 0.1) is 0 Å². The number of rotatable bonds is 6. The predicted molar refractivity (Wildman–Crippen MR) is 124 cm³/mol. The molecule has 1 aliphatic rings. The molecule has 3 heterocycles. The van der Waals surface area contributed by atoms with Gasteiger partial charge in [-0.3, -0.25) is 18.7 Å². The summed E-state index contributed by atoms with van der Waals surface area (Å²) in [4.78, 5) is 43.6. The number of carbonyl (C=O) groups is 1. The Bertz CT molecular complexity index is 1520. The van der Waals surface area contributed by atoms with Crippen molar-refractivity contribution in [1.29, 1.82) is 0 Å². The van der Waals surface area contributed by atoms with Crippen LogP contribution in [-0.2, 0) is 17.9 Å². The molecule has 34 heavy (non-hydrogen) atoms. The van der Waals surface area contributed by atoms with Crippen LogP contribution in [0.3, 0.4) is 0 Å². The molecule has 0 unspecified atom stereocenters. The van der Waals surface area contributed by atoms with Crippen molar-refractivity contribution in [1.82, 2.24) is 14.1 Å². The van der Waals surface area contributed by atoms with Crippen LogP contribution in [0.1, 0.15) is 5.56 Å². The third-order valence-corrected chi connectivity index (χ3v) is 5.44. The van der Waals surface area contributed by atoms with Gasteiger partial charge in [0, 0.05) is 6.20 Å². The standard InChI is InChI=1S/C24H20N4O6/c1-32-18-7-3-2-6-17(18)26-21(29)13-27-22-16(5-4-10-25-22)23(30)28(24(27)31)12-15-8-9-19-20(11-15)34-14-33-19/h2-11H,12-14H2,1H3,(H,26,29). The SMILES string of the molecule is COc1ccccc1NC(=O)Cn1c(=O)n(Cc2ccc3c(c2)OCO3)c(=O)c2cccnc21. The summed E-state index contributed by atoms with van der Waals surface area (Å²) in [7, 11) is 1.50. The Morgan fingerprint density at radius 1 is 1.06 bits per heavy atom. The van der Waals surface area contributed by atoms with Gasteiger partial charge in [-0.2, -0.15) is 0 Å². The Hall–Kier alpha value is -4.60. The molecule has 2 aromatic carbocycles. The zero-order chi connectivity index (χ0) is 23.7. The first-order chi connectivity index (χ1) is 16.5. The fourth-order valence-electron chi connectivity index (χ4n) is 3.83. The molecule has 1 N–H and O–H groups in total. The molecule has 5 rings (SSSR count). The number of para-hydroxylation sites is 2. The van der Waals surface area contributed by atoms with Gasteiger partial charge in [0.05, 0.1) is 24.7 Å². The van der Waals surface area contributed by atoms with Crippen molar-refractivity contribution in [2.45, 2.75) is 13.1 Å². The molecule has 1 aliphatic heterocycles. The normalized spacial score (nSPS) is 12.0. The maximum Gasteiger partial charge on any atom is 0.333 e. The number of nitrogens with zero attached hydrogens (tertiary/aromatic N) is 3. The van der Waals surface area contributed by atoms with E-state index >= 15 is 0 Å². The van der Waals surface area contributed by atoms with E-state index in [0.717, 1.165) is 4.57 Å². The molecule has 0 spiro atoms. The van der Waals surface area contributed by atoms with Crippen LogP contribution in [0.5, 0.6) is 17.2 Å². The maximum atomic E-state index is 13.4. The molecule has 0 fully saturated rings. The van der Waals surface area contributed by atoms with Crippen molar-refractivity contribution in [3.63, 3.8) is 0 Å². The molecule has 1 amide bonds. The molecule has 2 aromatic heterocycles. The lowest BCUT2D eigenvalue weighted by Crippen LogP contribution is -2.42. The van der Waals surface area contributed by atoms with Crippen LogP contribution in [-0.4, -0.2) is 33.9 Å². The Morgan fingerprint density at radius 2 is 1.88 bits per heavy atom. The lowest BCUT2D eigenvalue weighted by molar-refractivity contribution is -0.116. The van der Waals surface area contributed by atoms with Gasteiger partial charge in [-0.25, -0.2) is 9.78 Å². The van der Waals surface area contributed by atoms with Gasteiger partial charge in [0.1, 0.15) is 17.9 Å². The summed E-state index contributed by atoms with van der Waals surface area (Å²) in [6, 6.07) is 15.3. The van der Waals surface area contributed by atoms with E-state index in [4.69, 9.17) is 14.2 Å². The van der Waals surface area contributed by atoms with Gasteiger partial charge >= 0.3 is 5.69 Å². The molecule has 0 bridgehead atoms. The van der Waals surface area contributed by atoms with Gasteiger partial charge in [0.15, 0.2) is 11.5 Å². The number of amides is 1. The molecule has 10 heteroatoms. The van der Waals surface area contributed by atoms with Crippen molar-refractivity contribution in [2.24, 2.45) is 0 Å². The quantitative estimate of drug-likeness (QED) is 0.468. The molecule has 0 saturated carbocycles.